The van der Waals surface area contributed by atoms with Crippen molar-refractivity contribution in [2.45, 2.75) is 0 Å². The van der Waals surface area contributed by atoms with Crippen LogP contribution in [-0.4, -0.2) is 21.6 Å². The Labute approximate surface area is 164 Å². The van der Waals surface area contributed by atoms with E-state index in [0.717, 1.165) is 0 Å². The van der Waals surface area contributed by atoms with Crippen molar-refractivity contribution in [1.82, 2.24) is 0 Å². The Hall–Kier alpha value is 3.07. The third kappa shape index (κ3) is 53.6. The Morgan fingerprint density at radius 3 is 1.19 bits per heavy atom. The Kier molecular flexibility index (Phi) is 18.5. The zero-order valence-corrected chi connectivity index (χ0v) is 17.1. The molecule has 16 heavy (non-hydrogen) atoms. The molecule has 16 heteroatoms. The first-order valence-corrected chi connectivity index (χ1v) is 8.63. The van der Waals surface area contributed by atoms with E-state index >= 15 is 0 Å². The van der Waals surface area contributed by atoms with Crippen molar-refractivity contribution < 1.29 is 148 Å². The predicted octanol–water partition coefficient (Wildman–Crippen LogP) is -8.66. The van der Waals surface area contributed by atoms with Crippen molar-refractivity contribution in [2.75, 3.05) is 0 Å². The van der Waals surface area contributed by atoms with E-state index in [1.54, 1.807) is 0 Å². The molecule has 0 aliphatic rings. The van der Waals surface area contributed by atoms with Crippen molar-refractivity contribution in [1.29, 1.82) is 0 Å². The van der Waals surface area contributed by atoms with E-state index in [1.165, 1.54) is 0 Å². The van der Waals surface area contributed by atoms with Gasteiger partial charge < -0.3 is 9.11 Å². The Balaban J connectivity index is -0.0000000904. The van der Waals surface area contributed by atoms with Gasteiger partial charge in [-0.15, -0.1) is 9.05 Å². The molecular formula is H2Cr2KNaO10S2. The molecule has 10 nitrogen and oxygen atoms in total. The van der Waals surface area contributed by atoms with Gasteiger partial charge in [-0.25, -0.2) is 0 Å². The Morgan fingerprint density at radius 2 is 1.19 bits per heavy atom. The molecule has 0 aromatic rings. The van der Waals surface area contributed by atoms with Crippen molar-refractivity contribution in [3.8, 4) is 0 Å². The van der Waals surface area contributed by atoms with Crippen LogP contribution in [0.3, 0.4) is 0 Å². The summed E-state index contributed by atoms with van der Waals surface area (Å²) in [6.45, 7) is 0. The van der Waals surface area contributed by atoms with Crippen molar-refractivity contribution in [3.05, 3.63) is 0 Å². The van der Waals surface area contributed by atoms with Crippen LogP contribution < -0.4 is 80.9 Å². The molecule has 0 unspecified atom stereocenters. The van der Waals surface area contributed by atoms with Crippen LogP contribution in [0.5, 0.6) is 0 Å². The van der Waals surface area contributed by atoms with Gasteiger partial charge in [-0.1, -0.05) is 0 Å². The van der Waals surface area contributed by atoms with Gasteiger partial charge in [-0.3, -0.25) is 4.21 Å². The van der Waals surface area contributed by atoms with Gasteiger partial charge in [0.15, 0.2) is 0 Å². The monoisotopic (exact) mass is 392 g/mol. The molecule has 0 aromatic heterocycles. The molecular weight excluding hydrogens is 390 g/mol. The Morgan fingerprint density at radius 1 is 1.06 bits per heavy atom. The predicted molar refractivity (Wildman–Crippen MR) is 25.3 cm³/mol. The summed E-state index contributed by atoms with van der Waals surface area (Å²) in [6.07, 6.45) is 0. The quantitative estimate of drug-likeness (QED) is 0.426. The molecule has 0 atom stereocenters. The maximum atomic E-state index is 9.53. The van der Waals surface area contributed by atoms with E-state index in [0.29, 0.717) is 0 Å². The summed E-state index contributed by atoms with van der Waals surface area (Å²) in [5, 5.41) is 0. The second-order valence-electron chi connectivity index (χ2n) is 1.33. The summed E-state index contributed by atoms with van der Waals surface area (Å²) in [4.78, 5) is 0. The number of hydrogen-bond donors (Lipinski definition) is 2. The summed E-state index contributed by atoms with van der Waals surface area (Å²) in [5.41, 5.74) is 0. The molecule has 0 rings (SSSR count). The fraction of sp³-hybridized carbons (Fsp3) is 0. The molecule has 0 saturated carbocycles. The van der Waals surface area contributed by atoms with Gasteiger partial charge in [0.25, 0.3) is 0 Å². The molecule has 2 N–H and O–H groups in total. The molecule has 0 bridgehead atoms. The first-order valence-electron chi connectivity index (χ1n) is 2.03. The van der Waals surface area contributed by atoms with Gasteiger partial charge in [0.05, 0.1) is 0 Å². The van der Waals surface area contributed by atoms with Gasteiger partial charge in [0.1, 0.15) is 0 Å². The summed E-state index contributed by atoms with van der Waals surface area (Å²) >= 11 is -8.27. The second-order valence-corrected chi connectivity index (χ2v) is 7.13. The van der Waals surface area contributed by atoms with Crippen LogP contribution in [-0.2, 0) is 65.5 Å². The van der Waals surface area contributed by atoms with Crippen LogP contribution in [0.4, 0.5) is 0 Å². The zero-order valence-electron chi connectivity index (χ0n) is 7.79. The Bertz CT molecular complexity index is 419. The molecule has 0 radical (unpaired) electrons. The van der Waals surface area contributed by atoms with Crippen LogP contribution in [0.2, 0.25) is 0 Å². The minimum absolute atomic E-state index is 0. The van der Waals surface area contributed by atoms with Crippen molar-refractivity contribution in [3.63, 3.8) is 0 Å². The van der Waals surface area contributed by atoms with Gasteiger partial charge in [-0.05, 0) is 11.2 Å². The van der Waals surface area contributed by atoms with E-state index in [-0.39, 0.29) is 80.9 Å². The number of rotatable bonds is 2. The van der Waals surface area contributed by atoms with E-state index < -0.39 is 36.3 Å². The third-order valence-electron chi connectivity index (χ3n) is 0.172. The van der Waals surface area contributed by atoms with Crippen LogP contribution in [0.15, 0.2) is 0 Å². The average Bonchev–Trinajstić information content (AvgIpc) is 1.42. The van der Waals surface area contributed by atoms with Crippen LogP contribution in [0.25, 0.3) is 0 Å². The first-order chi connectivity index (χ1) is 5.71. The van der Waals surface area contributed by atoms with E-state index in [2.05, 4.69) is 14.0 Å². The topological polar surface area (TPSA) is 181 Å². The fourth-order valence-corrected chi connectivity index (χ4v) is 1.85. The number of hydrogen-bond acceptors (Lipinski definition) is 9. The van der Waals surface area contributed by atoms with Crippen LogP contribution in [0.1, 0.15) is 0 Å². The average molecular weight is 392 g/mol. The van der Waals surface area contributed by atoms with E-state index in [1.807, 2.05) is 0 Å². The van der Waals surface area contributed by atoms with Crippen LogP contribution >= 0.6 is 0 Å². The van der Waals surface area contributed by atoms with Crippen molar-refractivity contribution in [2.24, 2.45) is 0 Å². The van der Waals surface area contributed by atoms with Gasteiger partial charge >= 0.3 is 135 Å². The molecule has 0 aliphatic carbocycles. The normalized spacial score (nSPS) is 11.2. The summed E-state index contributed by atoms with van der Waals surface area (Å²) in [7, 11) is -4.33. The van der Waals surface area contributed by atoms with Gasteiger partial charge in [-0.2, -0.15) is 0 Å². The summed E-state index contributed by atoms with van der Waals surface area (Å²) in [5.74, 6) is 0. The molecule has 0 aliphatic heterocycles. The molecule has 0 amide bonds. The van der Waals surface area contributed by atoms with E-state index in [9.17, 15) is 15.2 Å². The molecule has 0 saturated heterocycles. The first kappa shape index (κ1) is 27.4. The van der Waals surface area contributed by atoms with Crippen molar-refractivity contribution >= 4 is 20.2 Å². The van der Waals surface area contributed by atoms with Gasteiger partial charge in [0.2, 0.25) is 0 Å². The second kappa shape index (κ2) is 10.8. The summed E-state index contributed by atoms with van der Waals surface area (Å²) < 4.78 is 82.9. The summed E-state index contributed by atoms with van der Waals surface area (Å²) in [6, 6.07) is 0. The molecule has 0 aromatic carbocycles. The van der Waals surface area contributed by atoms with E-state index in [4.69, 9.17) is 21.6 Å². The SMILES string of the molecule is O=S([O-])([O-])=S.[K+].[Na+].[O]=[Cr](=[O])([OH])[O][Cr](=[O])(=[O])[OH]. The fourth-order valence-electron chi connectivity index (χ4n) is 0.109. The maximum absolute atomic E-state index is 9.53. The molecule has 0 fully saturated rings. The minimum atomic E-state index is -5.76. The molecule has 0 heterocycles. The molecule has 88 valence electrons. The standard InChI is InChI=1S/2Cr.K.Na.H2O3S2.2H2O.5O/c;;;;1-5(2,3)4;;;;;;;/h;;;;(H2,1,2,3,4);2*1H2;;;;;/q4*+1;;;;;;;;/p-4. The molecule has 0 spiro atoms. The zero-order chi connectivity index (χ0) is 12.2. The van der Waals surface area contributed by atoms with Gasteiger partial charge in [0, 0.05) is 0 Å². The third-order valence-corrected chi connectivity index (χ3v) is 2.92. The van der Waals surface area contributed by atoms with Crippen LogP contribution in [0, 0.1) is 0 Å².